The van der Waals surface area contributed by atoms with Crippen molar-refractivity contribution in [2.45, 2.75) is 27.7 Å². The molecule has 0 bridgehead atoms. The summed E-state index contributed by atoms with van der Waals surface area (Å²) in [4.78, 5) is 60.7. The highest BCUT2D eigenvalue weighted by Crippen LogP contribution is 2.33. The van der Waals surface area contributed by atoms with E-state index >= 15 is 0 Å². The van der Waals surface area contributed by atoms with E-state index < -0.39 is 29.8 Å². The van der Waals surface area contributed by atoms with E-state index in [0.717, 1.165) is 6.08 Å². The minimum atomic E-state index is -0.903. The first kappa shape index (κ1) is 31.7. The van der Waals surface area contributed by atoms with E-state index in [2.05, 4.69) is 26.3 Å². The van der Waals surface area contributed by atoms with Gasteiger partial charge in [0.25, 0.3) is 0 Å². The summed E-state index contributed by atoms with van der Waals surface area (Å²) >= 11 is 0. The molecule has 0 unspecified atom stereocenters. The van der Waals surface area contributed by atoms with E-state index in [1.807, 2.05) is 0 Å². The molecule has 41 heavy (non-hydrogen) atoms. The molecule has 212 valence electrons. The normalized spacial score (nSPS) is 10.2. The molecule has 0 aromatic heterocycles. The van der Waals surface area contributed by atoms with Gasteiger partial charge in [0.05, 0.1) is 0 Å². The second-order valence-electron chi connectivity index (χ2n) is 8.74. The van der Waals surface area contributed by atoms with E-state index in [9.17, 15) is 24.0 Å². The second-order valence-corrected chi connectivity index (χ2v) is 8.74. The Morgan fingerprint density at radius 1 is 0.537 bits per heavy atom. The van der Waals surface area contributed by atoms with Crippen LogP contribution in [0.4, 0.5) is 0 Å². The highest BCUT2D eigenvalue weighted by Gasteiger charge is 2.17. The Labute approximate surface area is 236 Å². The molecule has 0 amide bonds. The average molecular weight is 561 g/mol. The minimum Gasteiger partial charge on any atom is -0.423 e. The van der Waals surface area contributed by atoms with E-state index in [1.165, 1.54) is 70.2 Å². The number of ether oxygens (including phenoxy) is 5. The van der Waals surface area contributed by atoms with Gasteiger partial charge < -0.3 is 23.7 Å². The number of rotatable bonds is 11. The van der Waals surface area contributed by atoms with Crippen molar-refractivity contribution in [1.82, 2.24) is 0 Å². The summed E-state index contributed by atoms with van der Waals surface area (Å²) in [6.45, 7) is 19.8. The molecule has 0 radical (unpaired) electrons. The quantitative estimate of drug-likeness (QED) is 0.204. The number of esters is 5. The molecule has 2 aromatic rings. The van der Waals surface area contributed by atoms with Crippen molar-refractivity contribution in [3.05, 3.63) is 96.6 Å². The third-order valence-corrected chi connectivity index (χ3v) is 4.73. The van der Waals surface area contributed by atoms with Gasteiger partial charge in [-0.2, -0.15) is 0 Å². The molecule has 0 aliphatic heterocycles. The monoisotopic (exact) mass is 560 g/mol. The molecule has 0 heterocycles. The van der Waals surface area contributed by atoms with Gasteiger partial charge in [0.15, 0.2) is 11.5 Å². The van der Waals surface area contributed by atoms with Crippen LogP contribution in [0.25, 0.3) is 6.08 Å². The molecule has 0 atom stereocenters. The Bertz CT molecular complexity index is 1510. The van der Waals surface area contributed by atoms with Crippen LogP contribution in [0.3, 0.4) is 0 Å². The summed E-state index contributed by atoms with van der Waals surface area (Å²) in [5.74, 6) is -4.19. The van der Waals surface area contributed by atoms with Crippen LogP contribution in [0, 0.1) is 0 Å². The zero-order chi connectivity index (χ0) is 30.9. The summed E-state index contributed by atoms with van der Waals surface area (Å²) in [5.41, 5.74) is 0.732. The maximum Gasteiger partial charge on any atom is 0.338 e. The van der Waals surface area contributed by atoms with Crippen LogP contribution >= 0.6 is 0 Å². The highest BCUT2D eigenvalue weighted by molar-refractivity contribution is 5.93. The minimum absolute atomic E-state index is 0.00858. The van der Waals surface area contributed by atoms with Gasteiger partial charge >= 0.3 is 29.8 Å². The summed E-state index contributed by atoms with van der Waals surface area (Å²) in [5, 5.41) is 0. The van der Waals surface area contributed by atoms with E-state index in [4.69, 9.17) is 23.7 Å². The SMILES string of the molecule is C=C(C)C(=O)Oc1ccc(/C=C/C(=O)Oc2ccc(OC(=O)C(=C)C)cc2OC(=O)C(=C)C)c(OC(=O)C(=C)C)c1. The Morgan fingerprint density at radius 3 is 1.44 bits per heavy atom. The van der Waals surface area contributed by atoms with Crippen molar-refractivity contribution < 1.29 is 47.7 Å². The van der Waals surface area contributed by atoms with E-state index in [-0.39, 0.29) is 56.6 Å². The molecule has 0 aliphatic rings. The van der Waals surface area contributed by atoms with Gasteiger partial charge in [-0.25, -0.2) is 24.0 Å². The van der Waals surface area contributed by atoms with Gasteiger partial charge in [0.1, 0.15) is 17.2 Å². The van der Waals surface area contributed by atoms with Crippen LogP contribution in [0.5, 0.6) is 28.7 Å². The molecule has 0 fully saturated rings. The fourth-order valence-corrected chi connectivity index (χ4v) is 2.58. The second kappa shape index (κ2) is 14.0. The van der Waals surface area contributed by atoms with Gasteiger partial charge in [-0.05, 0) is 58.0 Å². The molecular weight excluding hydrogens is 532 g/mol. The Morgan fingerprint density at radius 2 is 0.951 bits per heavy atom. The zero-order valence-corrected chi connectivity index (χ0v) is 23.0. The summed E-state index contributed by atoms with van der Waals surface area (Å²) in [7, 11) is 0. The van der Waals surface area contributed by atoms with Crippen LogP contribution in [-0.4, -0.2) is 29.8 Å². The van der Waals surface area contributed by atoms with Crippen LogP contribution in [0.15, 0.2) is 91.1 Å². The first-order valence-electron chi connectivity index (χ1n) is 11.9. The van der Waals surface area contributed by atoms with E-state index in [0.29, 0.717) is 0 Å². The van der Waals surface area contributed by atoms with Crippen LogP contribution < -0.4 is 23.7 Å². The van der Waals surface area contributed by atoms with Crippen LogP contribution in [-0.2, 0) is 24.0 Å². The Hall–Kier alpha value is -5.51. The van der Waals surface area contributed by atoms with Crippen LogP contribution in [0.2, 0.25) is 0 Å². The number of carbonyl (C=O) groups excluding carboxylic acids is 5. The number of hydrogen-bond donors (Lipinski definition) is 0. The van der Waals surface area contributed by atoms with Gasteiger partial charge in [-0.15, -0.1) is 0 Å². The molecule has 2 rings (SSSR count). The Balaban J connectivity index is 2.36. The molecule has 2 aromatic carbocycles. The first-order chi connectivity index (χ1) is 19.2. The summed E-state index contributed by atoms with van der Waals surface area (Å²) < 4.78 is 26.2. The fraction of sp³-hybridized carbons (Fsp3) is 0.129. The first-order valence-corrected chi connectivity index (χ1v) is 11.9. The number of hydrogen-bond acceptors (Lipinski definition) is 10. The van der Waals surface area contributed by atoms with Gasteiger partial charge in [-0.1, -0.05) is 26.3 Å². The topological polar surface area (TPSA) is 132 Å². The maximum absolute atomic E-state index is 12.7. The molecule has 10 heteroatoms. The lowest BCUT2D eigenvalue weighted by molar-refractivity contribution is -0.132. The lowest BCUT2D eigenvalue weighted by Crippen LogP contribution is -2.12. The van der Waals surface area contributed by atoms with Crippen molar-refractivity contribution in [1.29, 1.82) is 0 Å². The molecule has 0 N–H and O–H groups in total. The number of benzene rings is 2. The van der Waals surface area contributed by atoms with E-state index in [1.54, 1.807) is 0 Å². The van der Waals surface area contributed by atoms with Crippen LogP contribution in [0.1, 0.15) is 33.3 Å². The molecular formula is C31H28O10. The largest absolute Gasteiger partial charge is 0.423 e. The molecule has 0 spiro atoms. The maximum atomic E-state index is 12.7. The zero-order valence-electron chi connectivity index (χ0n) is 23.0. The molecule has 0 saturated heterocycles. The van der Waals surface area contributed by atoms with Crippen molar-refractivity contribution in [2.75, 3.05) is 0 Å². The number of carbonyl (C=O) groups is 5. The third kappa shape index (κ3) is 9.63. The smallest absolute Gasteiger partial charge is 0.338 e. The van der Waals surface area contributed by atoms with Crippen molar-refractivity contribution in [3.63, 3.8) is 0 Å². The third-order valence-electron chi connectivity index (χ3n) is 4.73. The predicted molar refractivity (Wildman–Crippen MR) is 149 cm³/mol. The lowest BCUT2D eigenvalue weighted by Gasteiger charge is -2.12. The predicted octanol–water partition coefficient (Wildman–Crippen LogP) is 5.23. The average Bonchev–Trinajstić information content (AvgIpc) is 2.89. The van der Waals surface area contributed by atoms with Crippen molar-refractivity contribution >= 4 is 35.9 Å². The van der Waals surface area contributed by atoms with Crippen molar-refractivity contribution in [2.24, 2.45) is 0 Å². The molecule has 0 aliphatic carbocycles. The van der Waals surface area contributed by atoms with Gasteiger partial charge in [-0.3, -0.25) is 0 Å². The fourth-order valence-electron chi connectivity index (χ4n) is 2.58. The molecule has 10 nitrogen and oxygen atoms in total. The van der Waals surface area contributed by atoms with Gasteiger partial charge in [0.2, 0.25) is 0 Å². The van der Waals surface area contributed by atoms with Gasteiger partial charge in [0, 0.05) is 46.1 Å². The molecule has 0 saturated carbocycles. The summed E-state index contributed by atoms with van der Waals surface area (Å²) in [6, 6.07) is 7.92. The van der Waals surface area contributed by atoms with Crippen molar-refractivity contribution in [3.8, 4) is 28.7 Å². The Kier molecular flexibility index (Phi) is 10.9. The highest BCUT2D eigenvalue weighted by atomic mass is 16.6. The lowest BCUT2D eigenvalue weighted by atomic mass is 10.1. The summed E-state index contributed by atoms with van der Waals surface area (Å²) in [6.07, 6.45) is 2.31. The standard InChI is InChI=1S/C31H28O10/c1-17(2)28(33)37-22-11-9-21(25(15-22)40-30(35)19(5)6)10-14-27(32)39-24-13-12-23(38-29(34)18(3)4)16-26(24)41-31(36)20(7)8/h9-16H,1,3,5,7H2,2,4,6,8H3/b14-10+.